The molecule has 9 heteroatoms. The molecule has 0 aliphatic rings. The zero-order valence-corrected chi connectivity index (χ0v) is 14.5. The Morgan fingerprint density at radius 1 is 1.22 bits per heavy atom. The zero-order valence-electron chi connectivity index (χ0n) is 13.7. The summed E-state index contributed by atoms with van der Waals surface area (Å²) in [5.74, 6) is -0.679. The number of hydrogen-bond acceptors (Lipinski definition) is 4. The molecule has 0 aromatic carbocycles. The van der Waals surface area contributed by atoms with Crippen molar-refractivity contribution in [3.8, 4) is 10.6 Å². The molecule has 0 aliphatic carbocycles. The number of nitrogens with zero attached hydrogens (tertiary/aromatic N) is 2. The maximum Gasteiger partial charge on any atom is 0.435 e. The van der Waals surface area contributed by atoms with Crippen molar-refractivity contribution in [1.82, 2.24) is 9.78 Å². The number of aromatic nitrogens is 2. The van der Waals surface area contributed by atoms with Gasteiger partial charge in [0.2, 0.25) is 0 Å². The summed E-state index contributed by atoms with van der Waals surface area (Å²) in [7, 11) is 1.37. The topological polar surface area (TPSA) is 86.9 Å². The van der Waals surface area contributed by atoms with E-state index in [1.54, 1.807) is 0 Å². The summed E-state index contributed by atoms with van der Waals surface area (Å²) >= 11 is 0.931. The lowest BCUT2D eigenvalue weighted by molar-refractivity contribution is -0.141. The van der Waals surface area contributed by atoms with Gasteiger partial charge in [-0.2, -0.15) is 18.3 Å². The lowest BCUT2D eigenvalue weighted by Gasteiger charge is -1.99. The fraction of sp³-hybridized carbons (Fsp3) is 0.429. The molecular formula is C14H21F3N4OS. The van der Waals surface area contributed by atoms with Crippen LogP contribution in [0, 0.1) is 0 Å². The number of thiophene rings is 1. The van der Waals surface area contributed by atoms with Gasteiger partial charge in [0.25, 0.3) is 5.91 Å². The molecule has 130 valence electrons. The second-order valence-electron chi connectivity index (χ2n) is 3.80. The predicted octanol–water partition coefficient (Wildman–Crippen LogP) is 3.90. The van der Waals surface area contributed by atoms with Crippen molar-refractivity contribution in [2.45, 2.75) is 33.9 Å². The molecule has 2 heterocycles. The molecule has 2 aromatic heterocycles. The van der Waals surface area contributed by atoms with Crippen LogP contribution in [0.1, 0.15) is 43.1 Å². The number of rotatable bonds is 2. The van der Waals surface area contributed by atoms with E-state index in [0.29, 0.717) is 4.88 Å². The maximum absolute atomic E-state index is 12.6. The maximum atomic E-state index is 12.6. The first-order valence-electron chi connectivity index (χ1n) is 7.01. The number of nitrogen functional groups attached to an aromatic ring is 1. The molecular weight excluding hydrogens is 329 g/mol. The summed E-state index contributed by atoms with van der Waals surface area (Å²) in [4.78, 5) is 11.5. The number of aryl methyl sites for hydroxylation is 1. The molecule has 0 spiro atoms. The van der Waals surface area contributed by atoms with E-state index in [1.807, 2.05) is 27.7 Å². The second kappa shape index (κ2) is 8.56. The predicted molar refractivity (Wildman–Crippen MR) is 87.1 cm³/mol. The number of nitrogens with two attached hydrogens (primary N) is 2. The first-order chi connectivity index (χ1) is 10.7. The minimum Gasteiger partial charge on any atom is -0.397 e. The van der Waals surface area contributed by atoms with E-state index in [0.717, 1.165) is 22.1 Å². The number of hydrogen-bond donors (Lipinski definition) is 2. The Bertz CT molecular complexity index is 647. The van der Waals surface area contributed by atoms with Gasteiger partial charge in [-0.1, -0.05) is 27.7 Å². The van der Waals surface area contributed by atoms with Crippen molar-refractivity contribution in [3.05, 3.63) is 22.7 Å². The van der Waals surface area contributed by atoms with Crippen molar-refractivity contribution >= 4 is 22.9 Å². The van der Waals surface area contributed by atoms with Crippen molar-refractivity contribution in [2.75, 3.05) is 5.73 Å². The smallest absolute Gasteiger partial charge is 0.397 e. The Morgan fingerprint density at radius 2 is 1.74 bits per heavy atom. The highest BCUT2D eigenvalue weighted by Crippen LogP contribution is 2.37. The molecule has 0 saturated carbocycles. The zero-order chi connectivity index (χ0) is 18.4. The fourth-order valence-electron chi connectivity index (χ4n) is 1.55. The largest absolute Gasteiger partial charge is 0.435 e. The van der Waals surface area contributed by atoms with Crippen LogP contribution in [0.5, 0.6) is 0 Å². The minimum absolute atomic E-state index is 0.183. The number of primary amides is 1. The molecule has 2 rings (SSSR count). The van der Waals surface area contributed by atoms with Gasteiger partial charge in [0.05, 0.1) is 21.1 Å². The van der Waals surface area contributed by atoms with E-state index in [1.165, 1.54) is 13.1 Å². The third-order valence-electron chi connectivity index (χ3n) is 2.41. The molecule has 0 saturated heterocycles. The average Bonchev–Trinajstić information content (AvgIpc) is 3.06. The van der Waals surface area contributed by atoms with E-state index in [9.17, 15) is 18.0 Å². The van der Waals surface area contributed by atoms with Crippen LogP contribution in [0.25, 0.3) is 10.6 Å². The second-order valence-corrected chi connectivity index (χ2v) is 4.85. The van der Waals surface area contributed by atoms with Crippen LogP contribution < -0.4 is 11.5 Å². The van der Waals surface area contributed by atoms with E-state index in [2.05, 4.69) is 5.10 Å². The number of anilines is 1. The minimum atomic E-state index is -4.53. The number of carbonyl (C=O) groups excluding carboxylic acids is 1. The summed E-state index contributed by atoms with van der Waals surface area (Å²) in [6.45, 7) is 8.00. The third-order valence-corrected chi connectivity index (χ3v) is 3.59. The van der Waals surface area contributed by atoms with Gasteiger partial charge >= 0.3 is 6.18 Å². The molecule has 2 aromatic rings. The van der Waals surface area contributed by atoms with E-state index >= 15 is 0 Å². The first kappa shape index (κ1) is 21.0. The number of carbonyl (C=O) groups is 1. The normalized spacial score (nSPS) is 10.3. The molecule has 0 unspecified atom stereocenters. The summed E-state index contributed by atoms with van der Waals surface area (Å²) in [5.41, 5.74) is 10.1. The van der Waals surface area contributed by atoms with Crippen molar-refractivity contribution < 1.29 is 18.0 Å². The summed E-state index contributed by atoms with van der Waals surface area (Å²) in [6, 6.07) is 2.22. The van der Waals surface area contributed by atoms with Crippen molar-refractivity contribution in [1.29, 1.82) is 0 Å². The SMILES string of the molecule is CC.CC.Cn1nc(C(F)(F)F)cc1-c1sc(C(N)=O)cc1N. The number of alkyl halides is 3. The Hall–Kier alpha value is -2.03. The average molecular weight is 350 g/mol. The van der Waals surface area contributed by atoms with E-state index in [-0.39, 0.29) is 16.3 Å². The monoisotopic (exact) mass is 350 g/mol. The lowest BCUT2D eigenvalue weighted by atomic mass is 10.2. The van der Waals surface area contributed by atoms with Crippen LogP contribution in [-0.2, 0) is 13.2 Å². The van der Waals surface area contributed by atoms with Gasteiger partial charge in [0.1, 0.15) is 0 Å². The van der Waals surface area contributed by atoms with Crippen molar-refractivity contribution in [3.63, 3.8) is 0 Å². The van der Waals surface area contributed by atoms with E-state index < -0.39 is 17.8 Å². The van der Waals surface area contributed by atoms with Crippen LogP contribution in [0.15, 0.2) is 12.1 Å². The van der Waals surface area contributed by atoms with Gasteiger partial charge in [-0.25, -0.2) is 0 Å². The highest BCUT2D eigenvalue weighted by Gasteiger charge is 2.35. The standard InChI is InChI=1S/C10H9F3N4OS.2C2H6/c1-17-5(3-7(16-17)10(11,12)13)8-4(14)2-6(19-8)9(15)18;2*1-2/h2-3H,14H2,1H3,(H2,15,18);2*1-2H3. The van der Waals surface area contributed by atoms with Gasteiger partial charge in [-0.05, 0) is 12.1 Å². The lowest BCUT2D eigenvalue weighted by Crippen LogP contribution is -2.08. The molecule has 5 nitrogen and oxygen atoms in total. The Morgan fingerprint density at radius 3 is 2.09 bits per heavy atom. The number of halogens is 3. The van der Waals surface area contributed by atoms with E-state index in [4.69, 9.17) is 11.5 Å². The summed E-state index contributed by atoms with van der Waals surface area (Å²) in [5, 5.41) is 3.38. The van der Waals surface area contributed by atoms with Gasteiger partial charge in [-0.3, -0.25) is 9.48 Å². The molecule has 0 radical (unpaired) electrons. The highest BCUT2D eigenvalue weighted by molar-refractivity contribution is 7.18. The molecule has 23 heavy (non-hydrogen) atoms. The van der Waals surface area contributed by atoms with Gasteiger partial charge in [0.15, 0.2) is 5.69 Å². The van der Waals surface area contributed by atoms with Crippen LogP contribution in [-0.4, -0.2) is 15.7 Å². The summed E-state index contributed by atoms with van der Waals surface area (Å²) in [6.07, 6.45) is -4.53. The van der Waals surface area contributed by atoms with Crippen LogP contribution >= 0.6 is 11.3 Å². The molecule has 0 bridgehead atoms. The quantitative estimate of drug-likeness (QED) is 0.861. The molecule has 0 aliphatic heterocycles. The molecule has 4 N–H and O–H groups in total. The third kappa shape index (κ3) is 4.98. The van der Waals surface area contributed by atoms with Gasteiger partial charge in [-0.15, -0.1) is 11.3 Å². The Balaban J connectivity index is 0.00000112. The van der Waals surface area contributed by atoms with Crippen LogP contribution in [0.3, 0.4) is 0 Å². The molecule has 0 atom stereocenters. The van der Waals surface area contributed by atoms with Crippen molar-refractivity contribution in [2.24, 2.45) is 12.8 Å². The molecule has 0 fully saturated rings. The number of amides is 1. The Labute approximate surface area is 137 Å². The van der Waals surface area contributed by atoms with Gasteiger partial charge in [0, 0.05) is 7.05 Å². The summed E-state index contributed by atoms with van der Waals surface area (Å²) < 4.78 is 38.7. The van der Waals surface area contributed by atoms with Crippen LogP contribution in [0.2, 0.25) is 0 Å². The first-order valence-corrected chi connectivity index (χ1v) is 7.82. The fourth-order valence-corrected chi connectivity index (χ4v) is 2.52. The molecule has 1 amide bonds. The van der Waals surface area contributed by atoms with Gasteiger partial charge < -0.3 is 11.5 Å². The van der Waals surface area contributed by atoms with Crippen LogP contribution in [0.4, 0.5) is 18.9 Å². The Kier molecular flexibility index (Phi) is 7.81. The highest BCUT2D eigenvalue weighted by atomic mass is 32.1.